The summed E-state index contributed by atoms with van der Waals surface area (Å²) < 4.78 is 26.8. The van der Waals surface area contributed by atoms with Crippen LogP contribution in [-0.2, 0) is 22.8 Å². The zero-order valence-electron chi connectivity index (χ0n) is 34.3. The smallest absolute Gasteiger partial charge is 0.331 e. The van der Waals surface area contributed by atoms with Crippen molar-refractivity contribution in [1.29, 1.82) is 0 Å². The minimum Gasteiger partial charge on any atom is -0.460 e. The molecular weight excluding hydrogens is 669 g/mol. The lowest BCUT2D eigenvalue weighted by atomic mass is 10.1. The molecular formula is C42H76O5Si3. The maximum absolute atomic E-state index is 12.4. The van der Waals surface area contributed by atoms with Gasteiger partial charge in [-0.25, -0.2) is 4.79 Å². The molecule has 0 spiro atoms. The van der Waals surface area contributed by atoms with E-state index in [1.54, 1.807) is 6.08 Å². The highest BCUT2D eigenvalue weighted by molar-refractivity contribution is 6.74. The molecule has 1 aliphatic heterocycles. The third kappa shape index (κ3) is 17.3. The quantitative estimate of drug-likeness (QED) is 0.147. The topological polar surface area (TPSA) is 54.0 Å². The summed E-state index contributed by atoms with van der Waals surface area (Å²) in [6, 6.07) is 6.78. The van der Waals surface area contributed by atoms with Crippen molar-refractivity contribution in [2.45, 2.75) is 187 Å². The van der Waals surface area contributed by atoms with Gasteiger partial charge in [-0.05, 0) is 93.4 Å². The average molecular weight is 745 g/mol. The fraction of sp³-hybridized carbons (Fsp3) is 0.690. The molecule has 5 nitrogen and oxygen atoms in total. The second-order valence-electron chi connectivity index (χ2n) is 15.6. The summed E-state index contributed by atoms with van der Waals surface area (Å²) in [5.74, 6) is -0.301. The number of carbonyl (C=O) groups is 1. The number of hydrogen-bond acceptors (Lipinski definition) is 5. The molecule has 0 aromatic carbocycles. The van der Waals surface area contributed by atoms with Gasteiger partial charge in [-0.2, -0.15) is 0 Å². The van der Waals surface area contributed by atoms with Gasteiger partial charge in [0.05, 0.1) is 24.4 Å². The van der Waals surface area contributed by atoms with Crippen molar-refractivity contribution in [1.82, 2.24) is 0 Å². The monoisotopic (exact) mass is 745 g/mol. The number of cyclic esters (lactones) is 1. The molecule has 1 aliphatic rings. The van der Waals surface area contributed by atoms with Gasteiger partial charge in [-0.15, -0.1) is 0 Å². The van der Waals surface area contributed by atoms with Crippen molar-refractivity contribution < 1.29 is 22.8 Å². The molecule has 0 N–H and O–H groups in total. The van der Waals surface area contributed by atoms with E-state index in [4.69, 9.17) is 18.0 Å². The first-order chi connectivity index (χ1) is 23.6. The van der Waals surface area contributed by atoms with Gasteiger partial charge in [0, 0.05) is 12.5 Å². The van der Waals surface area contributed by atoms with Crippen LogP contribution in [0.5, 0.6) is 0 Å². The van der Waals surface area contributed by atoms with E-state index in [1.165, 1.54) is 6.08 Å². The Bertz CT molecular complexity index is 1110. The van der Waals surface area contributed by atoms with E-state index in [2.05, 4.69) is 130 Å². The first-order valence-corrected chi connectivity index (χ1v) is 27.8. The molecule has 0 radical (unpaired) electrons. The number of allylic oxidation sites excluding steroid dienone is 7. The van der Waals surface area contributed by atoms with Gasteiger partial charge in [0.1, 0.15) is 0 Å². The minimum atomic E-state index is -2.00. The Labute approximate surface area is 312 Å². The molecule has 0 amide bonds. The molecule has 0 bridgehead atoms. The van der Waals surface area contributed by atoms with Crippen molar-refractivity contribution in [3.63, 3.8) is 0 Å². The molecule has 50 heavy (non-hydrogen) atoms. The lowest BCUT2D eigenvalue weighted by Gasteiger charge is -2.38. The molecule has 286 valence electrons. The number of ether oxygens (including phenoxy) is 1. The highest BCUT2D eigenvalue weighted by atomic mass is 28.4. The first-order valence-electron chi connectivity index (χ1n) is 19.9. The van der Waals surface area contributed by atoms with E-state index in [9.17, 15) is 4.79 Å². The molecule has 1 heterocycles. The highest BCUT2D eigenvalue weighted by Crippen LogP contribution is 2.38. The lowest BCUT2D eigenvalue weighted by molar-refractivity contribution is -0.142. The van der Waals surface area contributed by atoms with E-state index in [1.807, 2.05) is 13.0 Å². The third-order valence-corrected chi connectivity index (χ3v) is 25.0. The van der Waals surface area contributed by atoms with Crippen LogP contribution >= 0.6 is 0 Å². The van der Waals surface area contributed by atoms with Crippen molar-refractivity contribution in [3.05, 3.63) is 72.9 Å². The van der Waals surface area contributed by atoms with Crippen LogP contribution < -0.4 is 0 Å². The second kappa shape index (κ2) is 23.9. The zero-order valence-corrected chi connectivity index (χ0v) is 37.3. The van der Waals surface area contributed by atoms with Crippen LogP contribution in [0.25, 0.3) is 0 Å². The summed E-state index contributed by atoms with van der Waals surface area (Å²) in [6.07, 6.45) is 30.0. The molecule has 0 aromatic rings. The van der Waals surface area contributed by atoms with Gasteiger partial charge >= 0.3 is 5.97 Å². The van der Waals surface area contributed by atoms with Gasteiger partial charge < -0.3 is 18.0 Å². The van der Waals surface area contributed by atoms with Crippen molar-refractivity contribution >= 4 is 30.9 Å². The number of esters is 1. The highest BCUT2D eigenvalue weighted by Gasteiger charge is 2.39. The summed E-state index contributed by atoms with van der Waals surface area (Å²) >= 11 is 0. The van der Waals surface area contributed by atoms with E-state index >= 15 is 0 Å². The van der Waals surface area contributed by atoms with Crippen LogP contribution in [0.1, 0.15) is 108 Å². The Balaban J connectivity index is 3.52. The molecule has 0 aliphatic carbocycles. The Morgan fingerprint density at radius 2 is 1.22 bits per heavy atom. The number of hydrogen-bond donors (Lipinski definition) is 0. The summed E-state index contributed by atoms with van der Waals surface area (Å²) in [5, 5.41) is 0.106. The summed E-state index contributed by atoms with van der Waals surface area (Å²) in [6.45, 7) is 27.3. The number of rotatable bonds is 12. The van der Waals surface area contributed by atoms with Gasteiger partial charge in [0.15, 0.2) is 25.0 Å². The summed E-state index contributed by atoms with van der Waals surface area (Å²) in [4.78, 5) is 12.4. The first kappa shape index (κ1) is 46.5. The molecule has 4 atom stereocenters. The molecule has 0 aromatic heterocycles. The van der Waals surface area contributed by atoms with Gasteiger partial charge in [-0.1, -0.05) is 129 Å². The minimum absolute atomic E-state index is 0.0181. The fourth-order valence-corrected chi connectivity index (χ4v) is 13.1. The Morgan fingerprint density at radius 1 is 0.700 bits per heavy atom. The van der Waals surface area contributed by atoms with E-state index in [0.717, 1.165) is 74.8 Å². The fourth-order valence-electron chi connectivity index (χ4n) is 6.12. The average Bonchev–Trinajstić information content (AvgIpc) is 3.07. The molecule has 0 saturated heterocycles. The molecule has 0 saturated carbocycles. The van der Waals surface area contributed by atoms with Crippen LogP contribution in [-0.4, -0.2) is 55.3 Å². The standard InChI is InChI=1S/C42H76O5Si3/c1-13-49(14-2,15-3)46-39-33-25-21-19-20-24-30-37(7)44-41(43)35-29-23-27-32-38(45-48(11,12)42(8,9)10)31-26-22-28-34-40(36-39)47-50(16-4,17-5)18-6/h19,21-23,25-29,31,33,35,37-40H,13-18,20,24,30,32,34,36H2,1-12H3/b21-19+,27-23+,28-22-,31-26+,33-25+,35-29-/t37-,38-,39+,40+/m1/s1. The van der Waals surface area contributed by atoms with Gasteiger partial charge in [0.2, 0.25) is 0 Å². The summed E-state index contributed by atoms with van der Waals surface area (Å²) in [7, 11) is -5.69. The van der Waals surface area contributed by atoms with Gasteiger partial charge in [0.25, 0.3) is 0 Å². The predicted molar refractivity (Wildman–Crippen MR) is 224 cm³/mol. The lowest BCUT2D eigenvalue weighted by Crippen LogP contribution is -2.43. The maximum Gasteiger partial charge on any atom is 0.331 e. The Hall–Kier alpha value is -1.56. The number of carbonyl (C=O) groups excluding carboxylic acids is 1. The van der Waals surface area contributed by atoms with Crippen molar-refractivity contribution in [2.24, 2.45) is 0 Å². The second-order valence-corrected chi connectivity index (χ2v) is 29.8. The van der Waals surface area contributed by atoms with Crippen molar-refractivity contribution in [2.75, 3.05) is 0 Å². The van der Waals surface area contributed by atoms with Crippen molar-refractivity contribution in [3.8, 4) is 0 Å². The van der Waals surface area contributed by atoms with Crippen LogP contribution in [0.4, 0.5) is 0 Å². The normalized spacial score (nSPS) is 27.0. The van der Waals surface area contributed by atoms with E-state index in [-0.39, 0.29) is 35.4 Å². The van der Waals surface area contributed by atoms with Crippen LogP contribution in [0, 0.1) is 0 Å². The zero-order chi connectivity index (χ0) is 37.7. The Morgan fingerprint density at radius 3 is 1.80 bits per heavy atom. The van der Waals surface area contributed by atoms with E-state index < -0.39 is 25.0 Å². The molecule has 8 heteroatoms. The summed E-state index contributed by atoms with van der Waals surface area (Å²) in [5.41, 5.74) is 0. The largest absolute Gasteiger partial charge is 0.460 e. The SMILES string of the molecule is CC[Si](CC)(CC)O[C@H]1C/C=C\C=C\[C@@H](O[Si](C)(C)C(C)(C)C)C/C=C/C=C\C(=O)O[C@H](C)CCC/C=C/C=C/[C@H](O[Si](CC)(CC)CC)C1. The van der Waals surface area contributed by atoms with E-state index in [0.29, 0.717) is 0 Å². The van der Waals surface area contributed by atoms with Gasteiger partial charge in [-0.3, -0.25) is 0 Å². The predicted octanol–water partition coefficient (Wildman–Crippen LogP) is 12.8. The van der Waals surface area contributed by atoms with Crippen LogP contribution in [0.3, 0.4) is 0 Å². The molecule has 0 unspecified atom stereocenters. The maximum atomic E-state index is 12.4. The third-order valence-electron chi connectivity index (χ3n) is 11.1. The van der Waals surface area contributed by atoms with Crippen LogP contribution in [0.2, 0.25) is 54.4 Å². The Kier molecular flexibility index (Phi) is 22.2. The molecule has 1 rings (SSSR count). The van der Waals surface area contributed by atoms with Crippen LogP contribution in [0.15, 0.2) is 72.9 Å². The molecule has 0 fully saturated rings.